The molecule has 0 rings (SSSR count). The van der Waals surface area contributed by atoms with Gasteiger partial charge in [0.2, 0.25) is 0 Å². The van der Waals surface area contributed by atoms with Crippen molar-refractivity contribution in [2.45, 2.75) is 67.4 Å². The van der Waals surface area contributed by atoms with Crippen molar-refractivity contribution >= 4 is 0 Å². The molecule has 0 spiro atoms. The number of hydrogen-bond donors (Lipinski definition) is 1. The average molecular weight is 620 g/mol. The maximum Gasteiger partial charge on any atom is 0.460 e. The standard InChI is InChI=1S/C19H21F17O3/c1-3-6-38-9-11(2,8-37)10-39-7-4-5-12(20,21)13(22,23)14(24,25)15(26,27)16(28,29)17(30,31)18(32,33)19(34,35)36/h3,37H,1,4-10H2,2H3. The molecule has 1 N–H and O–H groups in total. The first-order valence-corrected chi connectivity index (χ1v) is 10.2. The fourth-order valence-corrected chi connectivity index (χ4v) is 2.59. The van der Waals surface area contributed by atoms with E-state index in [2.05, 4.69) is 6.58 Å². The molecular formula is C19H21F17O3. The Hall–Kier alpha value is -1.57. The zero-order chi connectivity index (χ0) is 31.6. The van der Waals surface area contributed by atoms with E-state index < -0.39 is 85.7 Å². The Bertz CT molecular complexity index is 810. The first-order valence-electron chi connectivity index (χ1n) is 10.2. The molecule has 0 aliphatic heterocycles. The predicted octanol–water partition coefficient (Wildman–Crippen LogP) is 6.99. The molecule has 0 aromatic heterocycles. The molecule has 39 heavy (non-hydrogen) atoms. The highest BCUT2D eigenvalue weighted by molar-refractivity contribution is 5.15. The molecule has 0 saturated heterocycles. The zero-order valence-electron chi connectivity index (χ0n) is 19.4. The summed E-state index contributed by atoms with van der Waals surface area (Å²) in [5.41, 5.74) is -1.24. The molecule has 0 fully saturated rings. The third kappa shape index (κ3) is 6.68. The monoisotopic (exact) mass is 620 g/mol. The minimum atomic E-state index is -8.65. The lowest BCUT2D eigenvalue weighted by molar-refractivity contribution is -0.461. The van der Waals surface area contributed by atoms with Gasteiger partial charge < -0.3 is 14.6 Å². The van der Waals surface area contributed by atoms with Gasteiger partial charge in [-0.25, -0.2) is 0 Å². The van der Waals surface area contributed by atoms with Crippen LogP contribution in [-0.4, -0.2) is 85.8 Å². The second kappa shape index (κ2) is 11.7. The van der Waals surface area contributed by atoms with E-state index in [9.17, 15) is 79.7 Å². The van der Waals surface area contributed by atoms with Crippen molar-refractivity contribution in [3.05, 3.63) is 12.7 Å². The number of aliphatic hydroxyl groups is 1. The van der Waals surface area contributed by atoms with Gasteiger partial charge in [0.1, 0.15) is 0 Å². The van der Waals surface area contributed by atoms with Gasteiger partial charge >= 0.3 is 47.6 Å². The van der Waals surface area contributed by atoms with Crippen molar-refractivity contribution in [2.75, 3.05) is 33.0 Å². The molecule has 0 radical (unpaired) electrons. The highest BCUT2D eigenvalue weighted by Gasteiger charge is 2.95. The molecule has 234 valence electrons. The highest BCUT2D eigenvalue weighted by atomic mass is 19.4. The summed E-state index contributed by atoms with van der Waals surface area (Å²) in [4.78, 5) is 0. The molecule has 0 bridgehead atoms. The van der Waals surface area contributed by atoms with Crippen LogP contribution in [0, 0.1) is 5.41 Å². The summed E-state index contributed by atoms with van der Waals surface area (Å²) >= 11 is 0. The Morgan fingerprint density at radius 1 is 0.615 bits per heavy atom. The van der Waals surface area contributed by atoms with Crippen molar-refractivity contribution in [1.29, 1.82) is 0 Å². The molecule has 1 unspecified atom stereocenters. The zero-order valence-corrected chi connectivity index (χ0v) is 19.4. The van der Waals surface area contributed by atoms with Gasteiger partial charge in [0, 0.05) is 18.4 Å². The second-order valence-electron chi connectivity index (χ2n) is 8.58. The van der Waals surface area contributed by atoms with Crippen molar-refractivity contribution in [3.8, 4) is 0 Å². The lowest BCUT2D eigenvalue weighted by Gasteiger charge is -2.42. The van der Waals surface area contributed by atoms with Gasteiger partial charge in [0.05, 0.1) is 26.4 Å². The quantitative estimate of drug-likeness (QED) is 0.108. The van der Waals surface area contributed by atoms with Crippen LogP contribution >= 0.6 is 0 Å². The molecule has 1 atom stereocenters. The number of rotatable bonds is 17. The summed E-state index contributed by atoms with van der Waals surface area (Å²) in [5.74, 6) is -56.4. The third-order valence-electron chi connectivity index (χ3n) is 5.08. The van der Waals surface area contributed by atoms with Crippen LogP contribution in [0.15, 0.2) is 12.7 Å². The third-order valence-corrected chi connectivity index (χ3v) is 5.08. The van der Waals surface area contributed by atoms with E-state index in [-0.39, 0.29) is 13.2 Å². The molecule has 0 aliphatic carbocycles. The number of hydrogen-bond acceptors (Lipinski definition) is 3. The largest absolute Gasteiger partial charge is 0.460 e. The van der Waals surface area contributed by atoms with Crippen LogP contribution in [-0.2, 0) is 9.47 Å². The van der Waals surface area contributed by atoms with E-state index in [1.165, 1.54) is 13.0 Å². The van der Waals surface area contributed by atoms with Crippen molar-refractivity contribution in [1.82, 2.24) is 0 Å². The van der Waals surface area contributed by atoms with Gasteiger partial charge in [0.15, 0.2) is 0 Å². The van der Waals surface area contributed by atoms with Crippen molar-refractivity contribution in [3.63, 3.8) is 0 Å². The number of halogens is 17. The second-order valence-corrected chi connectivity index (χ2v) is 8.58. The Balaban J connectivity index is 5.82. The summed E-state index contributed by atoms with van der Waals surface area (Å²) in [6, 6.07) is 0. The lowest BCUT2D eigenvalue weighted by Crippen LogP contribution is -2.74. The minimum Gasteiger partial charge on any atom is -0.396 e. The van der Waals surface area contributed by atoms with Gasteiger partial charge in [-0.2, -0.15) is 74.6 Å². The Kier molecular flexibility index (Phi) is 11.3. The van der Waals surface area contributed by atoms with Crippen LogP contribution in [0.25, 0.3) is 0 Å². The molecule has 0 aliphatic rings. The summed E-state index contributed by atoms with van der Waals surface area (Å²) in [6.07, 6.45) is -10.5. The molecule has 0 amide bonds. The molecule has 3 nitrogen and oxygen atoms in total. The van der Waals surface area contributed by atoms with Crippen LogP contribution in [0.4, 0.5) is 74.6 Å². The molecular weight excluding hydrogens is 599 g/mol. The van der Waals surface area contributed by atoms with Gasteiger partial charge in [-0.05, 0) is 6.42 Å². The summed E-state index contributed by atoms with van der Waals surface area (Å²) in [5, 5.41) is 9.28. The topological polar surface area (TPSA) is 38.7 Å². The molecule has 0 heterocycles. The van der Waals surface area contributed by atoms with Crippen LogP contribution in [0.3, 0.4) is 0 Å². The van der Waals surface area contributed by atoms with Crippen molar-refractivity contribution < 1.29 is 89.2 Å². The highest BCUT2D eigenvalue weighted by Crippen LogP contribution is 2.64. The molecule has 0 aromatic rings. The number of aliphatic hydroxyl groups excluding tert-OH is 1. The van der Waals surface area contributed by atoms with Crippen molar-refractivity contribution in [2.24, 2.45) is 5.41 Å². The fraction of sp³-hybridized carbons (Fsp3) is 0.895. The molecule has 0 saturated carbocycles. The van der Waals surface area contributed by atoms with Crippen LogP contribution < -0.4 is 0 Å². The lowest BCUT2D eigenvalue weighted by atomic mass is 9.88. The van der Waals surface area contributed by atoms with Gasteiger partial charge in [-0.15, -0.1) is 6.58 Å². The first-order chi connectivity index (χ1) is 17.1. The van der Waals surface area contributed by atoms with Crippen LogP contribution in [0.5, 0.6) is 0 Å². The van der Waals surface area contributed by atoms with Gasteiger partial charge in [0.25, 0.3) is 0 Å². The van der Waals surface area contributed by atoms with Crippen LogP contribution in [0.2, 0.25) is 0 Å². The minimum absolute atomic E-state index is 0.0193. The SMILES string of the molecule is C=CCOCC(C)(CO)COCCCC(F)(F)C(F)(F)C(F)(F)C(F)(F)C(F)(F)C(F)(F)C(F)(F)C(F)(F)F. The fourth-order valence-electron chi connectivity index (χ4n) is 2.59. The normalized spacial score (nSPS) is 16.8. The van der Waals surface area contributed by atoms with Gasteiger partial charge in [-0.1, -0.05) is 13.0 Å². The Morgan fingerprint density at radius 3 is 1.38 bits per heavy atom. The summed E-state index contributed by atoms with van der Waals surface area (Å²) in [7, 11) is 0. The maximum atomic E-state index is 13.8. The summed E-state index contributed by atoms with van der Waals surface area (Å²) < 4.78 is 235. The summed E-state index contributed by atoms with van der Waals surface area (Å²) in [6.45, 7) is 2.10. The van der Waals surface area contributed by atoms with E-state index in [0.717, 1.165) is 0 Å². The van der Waals surface area contributed by atoms with E-state index in [4.69, 9.17) is 9.47 Å². The molecule has 0 aromatic carbocycles. The maximum absolute atomic E-state index is 13.8. The number of alkyl halides is 17. The number of ether oxygens (including phenoxy) is 2. The van der Waals surface area contributed by atoms with E-state index >= 15 is 0 Å². The van der Waals surface area contributed by atoms with Gasteiger partial charge in [-0.3, -0.25) is 0 Å². The Morgan fingerprint density at radius 2 is 1.00 bits per heavy atom. The van der Waals surface area contributed by atoms with Crippen LogP contribution in [0.1, 0.15) is 19.8 Å². The van der Waals surface area contributed by atoms with E-state index in [0.29, 0.717) is 0 Å². The van der Waals surface area contributed by atoms with E-state index in [1.54, 1.807) is 0 Å². The average Bonchev–Trinajstić information content (AvgIpc) is 2.77. The smallest absolute Gasteiger partial charge is 0.396 e. The first kappa shape index (κ1) is 37.4. The van der Waals surface area contributed by atoms with E-state index in [1.807, 2.05) is 0 Å². The predicted molar refractivity (Wildman–Crippen MR) is 96.9 cm³/mol. The molecule has 20 heteroatoms. The Labute approximate surface area is 208 Å².